The molecule has 1 saturated heterocycles. The Bertz CT molecular complexity index is 250. The average molecular weight is 346 g/mol. The van der Waals surface area contributed by atoms with Crippen LogP contribution in [0.2, 0.25) is 0 Å². The zero-order chi connectivity index (χ0) is 17.2. The van der Waals surface area contributed by atoms with Gasteiger partial charge in [-0.2, -0.15) is 0 Å². The predicted octanol–water partition coefficient (Wildman–Crippen LogP) is 3.76. The van der Waals surface area contributed by atoms with Gasteiger partial charge in [-0.3, -0.25) is 0 Å². The van der Waals surface area contributed by atoms with Crippen molar-refractivity contribution in [2.45, 2.75) is 92.0 Å². The van der Waals surface area contributed by atoms with Crippen LogP contribution in [0.25, 0.3) is 0 Å². The lowest BCUT2D eigenvalue weighted by Gasteiger charge is -2.35. The van der Waals surface area contributed by atoms with E-state index in [2.05, 4.69) is 5.32 Å². The van der Waals surface area contributed by atoms with Crippen molar-refractivity contribution in [3.05, 3.63) is 0 Å². The molecule has 0 aromatic rings. The molecule has 0 radical (unpaired) electrons. The van der Waals surface area contributed by atoms with Crippen molar-refractivity contribution in [1.29, 1.82) is 0 Å². The lowest BCUT2D eigenvalue weighted by atomic mass is 9.76. The van der Waals surface area contributed by atoms with E-state index in [1.165, 1.54) is 45.2 Å². The Labute approximate surface area is 145 Å². The van der Waals surface area contributed by atoms with E-state index in [-0.39, 0.29) is 18.3 Å². The highest BCUT2D eigenvalue weighted by Gasteiger charge is 2.26. The van der Waals surface area contributed by atoms with Crippen LogP contribution >= 0.6 is 0 Å². The van der Waals surface area contributed by atoms with Gasteiger partial charge in [0.1, 0.15) is 0 Å². The van der Waals surface area contributed by atoms with Crippen LogP contribution < -0.4 is 5.32 Å². The number of fused-ring (bicyclic) bond motifs is 1. The summed E-state index contributed by atoms with van der Waals surface area (Å²) < 4.78 is 16.7. The molecule has 1 saturated carbocycles. The van der Waals surface area contributed by atoms with Crippen LogP contribution in [-0.4, -0.2) is 40.9 Å². The average Bonchev–Trinajstić information content (AvgIpc) is 2.46. The molecule has 2 aliphatic rings. The van der Waals surface area contributed by atoms with Crippen LogP contribution in [0, 0.1) is 11.8 Å². The molecule has 5 heteroatoms. The van der Waals surface area contributed by atoms with Gasteiger partial charge in [-0.15, -0.1) is 0 Å². The van der Waals surface area contributed by atoms with Crippen molar-refractivity contribution >= 4 is 9.53 Å². The lowest BCUT2D eigenvalue weighted by Crippen LogP contribution is -2.38. The highest BCUT2D eigenvalue weighted by atomic mass is 28.3. The fourth-order valence-corrected chi connectivity index (χ4v) is 4.80. The predicted molar refractivity (Wildman–Crippen MR) is 98.7 cm³/mol. The van der Waals surface area contributed by atoms with Gasteiger partial charge in [0.2, 0.25) is 0 Å². The van der Waals surface area contributed by atoms with Crippen molar-refractivity contribution < 1.29 is 13.3 Å². The van der Waals surface area contributed by atoms with Crippen molar-refractivity contribution in [2.24, 2.45) is 11.8 Å². The molecule has 2 rings (SSSR count). The molecular formula is C18H39NO3Si. The van der Waals surface area contributed by atoms with E-state index in [1.807, 2.05) is 41.5 Å². The third-order valence-corrected chi connectivity index (χ3v) is 6.61. The van der Waals surface area contributed by atoms with Crippen molar-refractivity contribution in [1.82, 2.24) is 5.32 Å². The molecule has 0 spiro atoms. The third kappa shape index (κ3) is 9.82. The van der Waals surface area contributed by atoms with E-state index in [1.54, 1.807) is 0 Å². The molecule has 0 aromatic heterocycles. The summed E-state index contributed by atoms with van der Waals surface area (Å²) >= 11 is 0. The van der Waals surface area contributed by atoms with Gasteiger partial charge in [0.15, 0.2) is 0 Å². The number of nitrogens with one attached hydrogen (secondary N) is 1. The molecule has 1 aliphatic carbocycles. The summed E-state index contributed by atoms with van der Waals surface area (Å²) in [6, 6.07) is 0. The van der Waals surface area contributed by atoms with Gasteiger partial charge >= 0.3 is 9.53 Å². The van der Waals surface area contributed by atoms with Crippen molar-refractivity contribution in [3.63, 3.8) is 0 Å². The van der Waals surface area contributed by atoms with Crippen LogP contribution in [-0.2, 0) is 13.3 Å². The second-order valence-electron chi connectivity index (χ2n) is 7.64. The summed E-state index contributed by atoms with van der Waals surface area (Å²) in [4.78, 5) is 0. The standard InChI is InChI=1S/C9H17N.C9H22O3Si/c1-2-4-9-7-10-6-5-8(9)3-1;1-7(2)10-13(11-8(3)4)12-9(5)6/h8-10H,1-7H2;7-9,13H,1-6H3. The molecule has 0 aromatic carbocycles. The number of rotatable bonds is 6. The number of hydrogen-bond donors (Lipinski definition) is 1. The first-order valence-corrected chi connectivity index (χ1v) is 11.0. The fourth-order valence-electron chi connectivity index (χ4n) is 3.27. The summed E-state index contributed by atoms with van der Waals surface area (Å²) in [7, 11) is -1.91. The maximum absolute atomic E-state index is 5.57. The van der Waals surface area contributed by atoms with Gasteiger partial charge in [0, 0.05) is 18.3 Å². The van der Waals surface area contributed by atoms with Crippen molar-refractivity contribution in [3.8, 4) is 0 Å². The molecule has 23 heavy (non-hydrogen) atoms. The van der Waals surface area contributed by atoms with E-state index in [9.17, 15) is 0 Å². The molecule has 2 fully saturated rings. The summed E-state index contributed by atoms with van der Waals surface area (Å²) in [5, 5.41) is 3.48. The normalized spacial score (nSPS) is 24.8. The maximum atomic E-state index is 5.57. The molecule has 2 atom stereocenters. The van der Waals surface area contributed by atoms with E-state index < -0.39 is 9.53 Å². The van der Waals surface area contributed by atoms with E-state index in [4.69, 9.17) is 13.3 Å². The Kier molecular flexibility index (Phi) is 10.6. The summed E-state index contributed by atoms with van der Waals surface area (Å²) in [5.41, 5.74) is 0. The summed E-state index contributed by atoms with van der Waals surface area (Å²) in [5.74, 6) is 2.14. The van der Waals surface area contributed by atoms with E-state index >= 15 is 0 Å². The van der Waals surface area contributed by atoms with Gasteiger partial charge in [0.05, 0.1) is 0 Å². The minimum atomic E-state index is -1.91. The first-order valence-electron chi connectivity index (χ1n) is 9.55. The van der Waals surface area contributed by atoms with Crippen LogP contribution in [0.5, 0.6) is 0 Å². The molecule has 0 amide bonds. The molecule has 1 aliphatic heterocycles. The maximum Gasteiger partial charge on any atom is 0.484 e. The molecule has 0 bridgehead atoms. The van der Waals surface area contributed by atoms with Crippen LogP contribution in [0.4, 0.5) is 0 Å². The van der Waals surface area contributed by atoms with Gasteiger partial charge < -0.3 is 18.6 Å². The molecular weight excluding hydrogens is 306 g/mol. The summed E-state index contributed by atoms with van der Waals surface area (Å²) in [6.07, 6.45) is 7.98. The minimum Gasteiger partial charge on any atom is -0.373 e. The van der Waals surface area contributed by atoms with E-state index in [0.717, 1.165) is 11.8 Å². The monoisotopic (exact) mass is 345 g/mol. The zero-order valence-electron chi connectivity index (χ0n) is 16.1. The highest BCUT2D eigenvalue weighted by molar-refractivity contribution is 6.36. The van der Waals surface area contributed by atoms with Crippen LogP contribution in [0.15, 0.2) is 0 Å². The van der Waals surface area contributed by atoms with Gasteiger partial charge in [-0.25, -0.2) is 0 Å². The number of hydrogen-bond acceptors (Lipinski definition) is 4. The lowest BCUT2D eigenvalue weighted by molar-refractivity contribution is 0.0335. The van der Waals surface area contributed by atoms with Crippen molar-refractivity contribution in [2.75, 3.05) is 13.1 Å². The largest absolute Gasteiger partial charge is 0.484 e. The van der Waals surface area contributed by atoms with Gasteiger partial charge in [-0.05, 0) is 79.3 Å². The third-order valence-electron chi connectivity index (χ3n) is 4.31. The summed E-state index contributed by atoms with van der Waals surface area (Å²) in [6.45, 7) is 14.5. The topological polar surface area (TPSA) is 39.7 Å². The van der Waals surface area contributed by atoms with Crippen LogP contribution in [0.3, 0.4) is 0 Å². The Morgan fingerprint density at radius 3 is 1.65 bits per heavy atom. The minimum absolute atomic E-state index is 0.175. The highest BCUT2D eigenvalue weighted by Crippen LogP contribution is 2.33. The fraction of sp³-hybridized carbons (Fsp3) is 1.00. The van der Waals surface area contributed by atoms with Crippen LogP contribution in [0.1, 0.15) is 73.6 Å². The number of piperidine rings is 1. The SMILES string of the molecule is C1CCC2CNCCC2C1.CC(C)O[SiH](OC(C)C)OC(C)C. The molecule has 138 valence electrons. The quantitative estimate of drug-likeness (QED) is 0.744. The van der Waals surface area contributed by atoms with E-state index in [0.29, 0.717) is 0 Å². The Balaban J connectivity index is 0.000000235. The Hall–Kier alpha value is 0.0569. The molecule has 2 unspecified atom stereocenters. The van der Waals surface area contributed by atoms with Gasteiger partial charge in [0.25, 0.3) is 0 Å². The Morgan fingerprint density at radius 2 is 1.22 bits per heavy atom. The first kappa shape index (κ1) is 21.1. The second kappa shape index (κ2) is 11.6. The second-order valence-corrected chi connectivity index (χ2v) is 9.03. The zero-order valence-corrected chi connectivity index (χ0v) is 17.3. The molecule has 1 N–H and O–H groups in total. The molecule has 1 heterocycles. The Morgan fingerprint density at radius 1 is 0.739 bits per heavy atom. The first-order chi connectivity index (χ1) is 10.9. The molecule has 4 nitrogen and oxygen atoms in total. The van der Waals surface area contributed by atoms with Gasteiger partial charge in [-0.1, -0.05) is 19.3 Å². The smallest absolute Gasteiger partial charge is 0.373 e.